The maximum atomic E-state index is 6.08. The first-order valence-corrected chi connectivity index (χ1v) is 8.93. The quantitative estimate of drug-likeness (QED) is 0.682. The van der Waals surface area contributed by atoms with Gasteiger partial charge in [-0.3, -0.25) is 4.90 Å². The third-order valence-electron chi connectivity index (χ3n) is 4.74. The van der Waals surface area contributed by atoms with E-state index < -0.39 is 0 Å². The van der Waals surface area contributed by atoms with Gasteiger partial charge >= 0.3 is 0 Å². The van der Waals surface area contributed by atoms with Gasteiger partial charge in [-0.05, 0) is 43.1 Å². The molecule has 1 atom stereocenters. The van der Waals surface area contributed by atoms with Gasteiger partial charge in [0.25, 0.3) is 0 Å². The fourth-order valence-corrected chi connectivity index (χ4v) is 3.62. The molecule has 1 saturated heterocycles. The van der Waals surface area contributed by atoms with Gasteiger partial charge in [-0.25, -0.2) is 0 Å². The molecule has 1 unspecified atom stereocenters. The Kier molecular flexibility index (Phi) is 4.55. The van der Waals surface area contributed by atoms with Crippen LogP contribution in [0.15, 0.2) is 53.1 Å². The number of aromatic nitrogens is 2. The number of rotatable bonds is 4. The Bertz CT molecular complexity index is 877. The maximum Gasteiger partial charge on any atom is 0.231 e. The van der Waals surface area contributed by atoms with Crippen LogP contribution >= 0.6 is 11.6 Å². The largest absolute Gasteiger partial charge is 0.339 e. The molecule has 2 aromatic carbocycles. The van der Waals surface area contributed by atoms with Crippen LogP contribution in [0.1, 0.15) is 29.4 Å². The van der Waals surface area contributed by atoms with E-state index in [0.29, 0.717) is 11.7 Å². The first kappa shape index (κ1) is 16.3. The monoisotopic (exact) mass is 353 g/mol. The molecule has 0 saturated carbocycles. The van der Waals surface area contributed by atoms with Crippen LogP contribution < -0.4 is 0 Å². The SMILES string of the molecule is Cc1ccccc1-c1noc(C2CCN(Cc3cccc(Cl)c3)C2)n1. The average Bonchev–Trinajstić information content (AvgIpc) is 3.24. The summed E-state index contributed by atoms with van der Waals surface area (Å²) < 4.78 is 5.57. The van der Waals surface area contributed by atoms with Crippen molar-refractivity contribution < 1.29 is 4.52 Å². The van der Waals surface area contributed by atoms with E-state index in [4.69, 9.17) is 16.1 Å². The molecular formula is C20H20ClN3O. The van der Waals surface area contributed by atoms with Gasteiger partial charge in [-0.2, -0.15) is 4.98 Å². The van der Waals surface area contributed by atoms with Crippen LogP contribution in [-0.2, 0) is 6.54 Å². The topological polar surface area (TPSA) is 42.2 Å². The molecule has 0 bridgehead atoms. The Hall–Kier alpha value is -2.17. The summed E-state index contributed by atoms with van der Waals surface area (Å²) in [6, 6.07) is 16.2. The molecule has 1 aliphatic heterocycles. The number of nitrogens with zero attached hydrogens (tertiary/aromatic N) is 3. The van der Waals surface area contributed by atoms with Crippen LogP contribution in [0.5, 0.6) is 0 Å². The van der Waals surface area contributed by atoms with Crippen molar-refractivity contribution in [3.05, 3.63) is 70.6 Å². The Balaban J connectivity index is 1.45. The molecule has 0 aliphatic carbocycles. The first-order valence-electron chi connectivity index (χ1n) is 8.55. The van der Waals surface area contributed by atoms with Gasteiger partial charge in [0.1, 0.15) is 0 Å². The van der Waals surface area contributed by atoms with Crippen LogP contribution in [-0.4, -0.2) is 28.1 Å². The summed E-state index contributed by atoms with van der Waals surface area (Å²) in [6.45, 7) is 4.92. The summed E-state index contributed by atoms with van der Waals surface area (Å²) in [6.07, 6.45) is 1.04. The molecular weight excluding hydrogens is 334 g/mol. The highest BCUT2D eigenvalue weighted by Gasteiger charge is 2.28. The van der Waals surface area contributed by atoms with Gasteiger partial charge in [0.05, 0.1) is 5.92 Å². The fourth-order valence-electron chi connectivity index (χ4n) is 3.41. The van der Waals surface area contributed by atoms with Gasteiger partial charge in [-0.15, -0.1) is 0 Å². The summed E-state index contributed by atoms with van der Waals surface area (Å²) in [7, 11) is 0. The van der Waals surface area contributed by atoms with E-state index >= 15 is 0 Å². The zero-order valence-corrected chi connectivity index (χ0v) is 14.9. The van der Waals surface area contributed by atoms with E-state index in [-0.39, 0.29) is 0 Å². The molecule has 0 radical (unpaired) electrons. The molecule has 1 aliphatic rings. The maximum absolute atomic E-state index is 6.08. The highest BCUT2D eigenvalue weighted by atomic mass is 35.5. The molecule has 0 amide bonds. The second kappa shape index (κ2) is 6.98. The number of benzene rings is 2. The van der Waals surface area contributed by atoms with E-state index in [1.807, 2.05) is 36.4 Å². The van der Waals surface area contributed by atoms with Gasteiger partial charge in [0.15, 0.2) is 0 Å². The second-order valence-electron chi connectivity index (χ2n) is 6.62. The number of likely N-dealkylation sites (tertiary alicyclic amines) is 1. The Morgan fingerprint density at radius 3 is 2.92 bits per heavy atom. The van der Waals surface area contributed by atoms with Crippen molar-refractivity contribution in [2.75, 3.05) is 13.1 Å². The first-order chi connectivity index (χ1) is 12.2. The molecule has 1 aromatic heterocycles. The van der Waals surface area contributed by atoms with Crippen molar-refractivity contribution in [1.82, 2.24) is 15.0 Å². The third kappa shape index (κ3) is 3.60. The predicted octanol–water partition coefficient (Wildman–Crippen LogP) is 4.69. The lowest BCUT2D eigenvalue weighted by molar-refractivity contribution is 0.309. The van der Waals surface area contributed by atoms with Crippen molar-refractivity contribution in [1.29, 1.82) is 0 Å². The zero-order chi connectivity index (χ0) is 17.2. The van der Waals surface area contributed by atoms with Crippen molar-refractivity contribution in [3.8, 4) is 11.4 Å². The van der Waals surface area contributed by atoms with E-state index in [1.54, 1.807) is 0 Å². The van der Waals surface area contributed by atoms with Gasteiger partial charge in [0, 0.05) is 23.7 Å². The van der Waals surface area contributed by atoms with Crippen LogP contribution in [0, 0.1) is 6.92 Å². The Labute approximate surface area is 152 Å². The molecule has 5 heteroatoms. The summed E-state index contributed by atoms with van der Waals surface area (Å²) >= 11 is 6.08. The van der Waals surface area contributed by atoms with E-state index in [1.165, 1.54) is 5.56 Å². The van der Waals surface area contributed by atoms with Gasteiger partial charge in [-0.1, -0.05) is 53.2 Å². The second-order valence-corrected chi connectivity index (χ2v) is 7.06. The predicted molar refractivity (Wildman–Crippen MR) is 98.6 cm³/mol. The van der Waals surface area contributed by atoms with E-state index in [2.05, 4.69) is 34.1 Å². The lowest BCUT2D eigenvalue weighted by Crippen LogP contribution is -2.19. The van der Waals surface area contributed by atoms with Crippen LogP contribution in [0.25, 0.3) is 11.4 Å². The van der Waals surface area contributed by atoms with Crippen molar-refractivity contribution in [3.63, 3.8) is 0 Å². The molecule has 0 spiro atoms. The smallest absolute Gasteiger partial charge is 0.231 e. The highest BCUT2D eigenvalue weighted by Crippen LogP contribution is 2.29. The molecule has 25 heavy (non-hydrogen) atoms. The molecule has 1 fully saturated rings. The average molecular weight is 354 g/mol. The number of hydrogen-bond acceptors (Lipinski definition) is 4. The highest BCUT2D eigenvalue weighted by molar-refractivity contribution is 6.30. The summed E-state index contributed by atoms with van der Waals surface area (Å²) in [5.74, 6) is 1.72. The number of hydrogen-bond donors (Lipinski definition) is 0. The van der Waals surface area contributed by atoms with Crippen LogP contribution in [0.3, 0.4) is 0 Å². The standard InChI is InChI=1S/C20H20ClN3O/c1-14-5-2-3-8-18(14)19-22-20(25-23-19)16-9-10-24(13-16)12-15-6-4-7-17(21)11-15/h2-8,11,16H,9-10,12-13H2,1H3. The molecule has 4 rings (SSSR count). The number of aryl methyl sites for hydroxylation is 1. The van der Waals surface area contributed by atoms with Crippen LogP contribution in [0.4, 0.5) is 0 Å². The van der Waals surface area contributed by atoms with Crippen LogP contribution in [0.2, 0.25) is 5.02 Å². The summed E-state index contributed by atoms with van der Waals surface area (Å²) in [5, 5.41) is 4.98. The lowest BCUT2D eigenvalue weighted by atomic mass is 10.1. The fraction of sp³-hybridized carbons (Fsp3) is 0.300. The molecule has 128 valence electrons. The Morgan fingerprint density at radius 2 is 2.08 bits per heavy atom. The van der Waals surface area contributed by atoms with Gasteiger partial charge in [0.2, 0.25) is 11.7 Å². The normalized spacial score (nSPS) is 17.9. The molecule has 0 N–H and O–H groups in total. The van der Waals surface area contributed by atoms with Crippen molar-refractivity contribution >= 4 is 11.6 Å². The van der Waals surface area contributed by atoms with E-state index in [0.717, 1.165) is 48.1 Å². The zero-order valence-electron chi connectivity index (χ0n) is 14.2. The van der Waals surface area contributed by atoms with Gasteiger partial charge < -0.3 is 4.52 Å². The Morgan fingerprint density at radius 1 is 1.20 bits per heavy atom. The van der Waals surface area contributed by atoms with E-state index in [9.17, 15) is 0 Å². The molecule has 4 nitrogen and oxygen atoms in total. The summed E-state index contributed by atoms with van der Waals surface area (Å²) in [4.78, 5) is 7.06. The minimum atomic E-state index is 0.296. The third-order valence-corrected chi connectivity index (χ3v) is 4.98. The van der Waals surface area contributed by atoms with Crippen molar-refractivity contribution in [2.24, 2.45) is 0 Å². The lowest BCUT2D eigenvalue weighted by Gasteiger charge is -2.15. The molecule has 2 heterocycles. The molecule has 3 aromatic rings. The van der Waals surface area contributed by atoms with Crippen molar-refractivity contribution in [2.45, 2.75) is 25.8 Å². The minimum absolute atomic E-state index is 0.296. The minimum Gasteiger partial charge on any atom is -0.339 e. The number of halogens is 1. The summed E-state index contributed by atoms with van der Waals surface area (Å²) in [5.41, 5.74) is 3.43.